The summed E-state index contributed by atoms with van der Waals surface area (Å²) in [6.45, 7) is 8.33. The molecule has 8 heteroatoms. The number of hydrogen-bond donors (Lipinski definition) is 1. The molecule has 1 atom stereocenters. The van der Waals surface area contributed by atoms with Gasteiger partial charge in [0, 0.05) is 19.1 Å². The van der Waals surface area contributed by atoms with Gasteiger partial charge in [0.15, 0.2) is 0 Å². The molecular weight excluding hydrogens is 304 g/mol. The summed E-state index contributed by atoms with van der Waals surface area (Å²) in [6.07, 6.45) is 2.68. The normalized spacial score (nSPS) is 23.8. The van der Waals surface area contributed by atoms with E-state index in [1.807, 2.05) is 27.7 Å². The Morgan fingerprint density at radius 2 is 2.05 bits per heavy atom. The van der Waals surface area contributed by atoms with E-state index in [1.54, 1.807) is 10.9 Å². The summed E-state index contributed by atoms with van der Waals surface area (Å²) in [4.78, 5) is 0. The molecule has 1 N–H and O–H groups in total. The van der Waals surface area contributed by atoms with Gasteiger partial charge in [-0.05, 0) is 32.6 Å². The molecule has 0 amide bonds. The topological polar surface area (TPSA) is 88.3 Å². The van der Waals surface area contributed by atoms with Crippen molar-refractivity contribution in [3.8, 4) is 0 Å². The van der Waals surface area contributed by atoms with Crippen molar-refractivity contribution in [1.82, 2.24) is 19.3 Å². The standard InChI is InChI=1S/C14H26N4O3S/c1-11(2)5-8-22(20,21)17-7-6-14(19,10-17)13-9-18(12(3)4)16-15-13/h9,11-12,19H,5-8,10H2,1-4H3/t14-/m1/s1. The van der Waals surface area contributed by atoms with Gasteiger partial charge in [-0.25, -0.2) is 13.1 Å². The fraction of sp³-hybridized carbons (Fsp3) is 0.857. The Labute approximate surface area is 132 Å². The van der Waals surface area contributed by atoms with Crippen LogP contribution in [-0.2, 0) is 15.6 Å². The van der Waals surface area contributed by atoms with Crippen LogP contribution >= 0.6 is 0 Å². The lowest BCUT2D eigenvalue weighted by Crippen LogP contribution is -2.36. The van der Waals surface area contributed by atoms with Crippen molar-refractivity contribution in [2.45, 2.75) is 52.2 Å². The van der Waals surface area contributed by atoms with E-state index in [0.29, 0.717) is 31.0 Å². The second-order valence-corrected chi connectivity index (χ2v) is 8.88. The molecule has 0 saturated carbocycles. The van der Waals surface area contributed by atoms with Gasteiger partial charge >= 0.3 is 0 Å². The molecule has 1 aliphatic rings. The number of hydrogen-bond acceptors (Lipinski definition) is 5. The van der Waals surface area contributed by atoms with Gasteiger partial charge in [0.25, 0.3) is 0 Å². The molecule has 1 saturated heterocycles. The average molecular weight is 330 g/mol. The van der Waals surface area contributed by atoms with E-state index in [1.165, 1.54) is 4.31 Å². The van der Waals surface area contributed by atoms with E-state index >= 15 is 0 Å². The second-order valence-electron chi connectivity index (χ2n) is 6.79. The molecule has 0 spiro atoms. The lowest BCUT2D eigenvalue weighted by Gasteiger charge is -2.21. The molecule has 2 heterocycles. The van der Waals surface area contributed by atoms with E-state index < -0.39 is 15.6 Å². The Hall–Kier alpha value is -0.990. The maximum Gasteiger partial charge on any atom is 0.214 e. The van der Waals surface area contributed by atoms with Crippen LogP contribution in [0.4, 0.5) is 0 Å². The molecule has 0 unspecified atom stereocenters. The van der Waals surface area contributed by atoms with Crippen LogP contribution in [0.3, 0.4) is 0 Å². The van der Waals surface area contributed by atoms with Gasteiger partial charge in [-0.3, -0.25) is 0 Å². The number of rotatable bonds is 6. The molecular formula is C14H26N4O3S. The Morgan fingerprint density at radius 1 is 1.36 bits per heavy atom. The van der Waals surface area contributed by atoms with Gasteiger partial charge < -0.3 is 5.11 Å². The zero-order chi connectivity index (χ0) is 16.5. The third-order valence-corrected chi connectivity index (χ3v) is 5.93. The molecule has 1 fully saturated rings. The lowest BCUT2D eigenvalue weighted by molar-refractivity contribution is 0.0484. The highest BCUT2D eigenvalue weighted by Gasteiger charge is 2.44. The van der Waals surface area contributed by atoms with E-state index in [0.717, 1.165) is 0 Å². The lowest BCUT2D eigenvalue weighted by atomic mass is 10.00. The highest BCUT2D eigenvalue weighted by atomic mass is 32.2. The first-order chi connectivity index (χ1) is 10.1. The minimum Gasteiger partial charge on any atom is -0.382 e. The van der Waals surface area contributed by atoms with Gasteiger partial charge in [-0.1, -0.05) is 19.1 Å². The summed E-state index contributed by atoms with van der Waals surface area (Å²) in [7, 11) is -3.33. The number of nitrogens with zero attached hydrogens (tertiary/aromatic N) is 4. The Balaban J connectivity index is 2.10. The van der Waals surface area contributed by atoms with E-state index in [2.05, 4.69) is 10.3 Å². The van der Waals surface area contributed by atoms with Crippen molar-refractivity contribution in [2.75, 3.05) is 18.8 Å². The number of aromatic nitrogens is 3. The first-order valence-electron chi connectivity index (χ1n) is 7.76. The Bertz CT molecular complexity index is 611. The highest BCUT2D eigenvalue weighted by Crippen LogP contribution is 2.32. The van der Waals surface area contributed by atoms with E-state index in [4.69, 9.17) is 0 Å². The minimum absolute atomic E-state index is 0.0597. The smallest absolute Gasteiger partial charge is 0.214 e. The number of aliphatic hydroxyl groups is 1. The molecule has 1 aromatic heterocycles. The van der Waals surface area contributed by atoms with Crippen LogP contribution in [0.2, 0.25) is 0 Å². The summed E-state index contributed by atoms with van der Waals surface area (Å²) in [5.74, 6) is 0.460. The van der Waals surface area contributed by atoms with Crippen LogP contribution in [-0.4, -0.2) is 51.7 Å². The molecule has 0 aliphatic carbocycles. The SMILES string of the molecule is CC(C)CCS(=O)(=O)N1CC[C@](O)(c2cn(C(C)C)nn2)C1. The molecule has 1 aliphatic heterocycles. The maximum atomic E-state index is 12.3. The van der Waals surface area contributed by atoms with Crippen LogP contribution in [0.5, 0.6) is 0 Å². The van der Waals surface area contributed by atoms with Crippen molar-refractivity contribution in [3.63, 3.8) is 0 Å². The van der Waals surface area contributed by atoms with Gasteiger partial charge in [0.1, 0.15) is 11.3 Å². The summed E-state index contributed by atoms with van der Waals surface area (Å²) in [6, 6.07) is 0.150. The Morgan fingerprint density at radius 3 is 2.59 bits per heavy atom. The molecule has 126 valence electrons. The van der Waals surface area contributed by atoms with Crippen molar-refractivity contribution in [2.24, 2.45) is 5.92 Å². The fourth-order valence-corrected chi connectivity index (χ4v) is 4.27. The molecule has 0 radical (unpaired) electrons. The molecule has 2 rings (SSSR count). The summed E-state index contributed by atoms with van der Waals surface area (Å²) in [5, 5.41) is 18.8. The molecule has 22 heavy (non-hydrogen) atoms. The van der Waals surface area contributed by atoms with Crippen LogP contribution < -0.4 is 0 Å². The minimum atomic E-state index is -3.33. The summed E-state index contributed by atoms with van der Waals surface area (Å²) < 4.78 is 27.7. The molecule has 7 nitrogen and oxygen atoms in total. The first kappa shape index (κ1) is 17.4. The highest BCUT2D eigenvalue weighted by molar-refractivity contribution is 7.89. The number of β-amino-alcohol motifs (C(OH)–C–C–N with tert-alkyl or cyclic N) is 1. The van der Waals surface area contributed by atoms with Gasteiger partial charge in [0.2, 0.25) is 10.0 Å². The first-order valence-corrected chi connectivity index (χ1v) is 9.37. The third kappa shape index (κ3) is 3.67. The van der Waals surface area contributed by atoms with Crippen molar-refractivity contribution >= 4 is 10.0 Å². The van der Waals surface area contributed by atoms with Crippen LogP contribution in [0.1, 0.15) is 52.3 Å². The zero-order valence-corrected chi connectivity index (χ0v) is 14.5. The predicted octanol–water partition coefficient (Wildman–Crippen LogP) is 1.13. The largest absolute Gasteiger partial charge is 0.382 e. The molecule has 0 aromatic carbocycles. The fourth-order valence-electron chi connectivity index (χ4n) is 2.46. The third-order valence-electron chi connectivity index (χ3n) is 4.08. The summed E-state index contributed by atoms with van der Waals surface area (Å²) >= 11 is 0. The van der Waals surface area contributed by atoms with Crippen molar-refractivity contribution in [3.05, 3.63) is 11.9 Å². The number of sulfonamides is 1. The monoisotopic (exact) mass is 330 g/mol. The van der Waals surface area contributed by atoms with Crippen molar-refractivity contribution in [1.29, 1.82) is 0 Å². The molecule has 1 aromatic rings. The van der Waals surface area contributed by atoms with E-state index in [9.17, 15) is 13.5 Å². The van der Waals surface area contributed by atoms with Crippen LogP contribution in [0.25, 0.3) is 0 Å². The molecule has 0 bridgehead atoms. The van der Waals surface area contributed by atoms with Gasteiger partial charge in [0.05, 0.1) is 11.9 Å². The maximum absolute atomic E-state index is 12.3. The quantitative estimate of drug-likeness (QED) is 0.844. The average Bonchev–Trinajstić information content (AvgIpc) is 3.04. The predicted molar refractivity (Wildman–Crippen MR) is 83.7 cm³/mol. The zero-order valence-electron chi connectivity index (χ0n) is 13.7. The second kappa shape index (κ2) is 6.25. The summed E-state index contributed by atoms with van der Waals surface area (Å²) in [5.41, 5.74) is -0.791. The van der Waals surface area contributed by atoms with E-state index in [-0.39, 0.29) is 18.3 Å². The van der Waals surface area contributed by atoms with Crippen molar-refractivity contribution < 1.29 is 13.5 Å². The van der Waals surface area contributed by atoms with Crippen LogP contribution in [0.15, 0.2) is 6.20 Å². The van der Waals surface area contributed by atoms with Gasteiger partial charge in [-0.15, -0.1) is 5.10 Å². The Kier molecular flexibility index (Phi) is 4.93. The van der Waals surface area contributed by atoms with Gasteiger partial charge in [-0.2, -0.15) is 4.31 Å². The van der Waals surface area contributed by atoms with Crippen LogP contribution in [0, 0.1) is 5.92 Å².